The Morgan fingerprint density at radius 1 is 1.00 bits per heavy atom. The van der Waals surface area contributed by atoms with Crippen LogP contribution in [0, 0.1) is 0 Å². The molecule has 33 heavy (non-hydrogen) atoms. The molecule has 172 valence electrons. The highest BCUT2D eigenvalue weighted by molar-refractivity contribution is 5.75. The van der Waals surface area contributed by atoms with Crippen molar-refractivity contribution in [2.45, 2.75) is 83.1 Å². The van der Waals surface area contributed by atoms with E-state index in [1.165, 1.54) is 24.0 Å². The molecule has 0 atom stereocenters. The van der Waals surface area contributed by atoms with E-state index in [1.54, 1.807) is 6.20 Å². The summed E-state index contributed by atoms with van der Waals surface area (Å²) in [4.78, 5) is 7.68. The van der Waals surface area contributed by atoms with Gasteiger partial charge in [-0.05, 0) is 94.8 Å². The molecule has 0 bridgehead atoms. The number of nitrogens with one attached hydrogen (secondary N) is 1. The van der Waals surface area contributed by atoms with E-state index in [0.717, 1.165) is 35.8 Å². The first kappa shape index (κ1) is 20.7. The molecule has 1 aliphatic carbocycles. The number of aromatic nitrogens is 3. The Morgan fingerprint density at radius 3 is 2.45 bits per heavy atom. The summed E-state index contributed by atoms with van der Waals surface area (Å²) in [5, 5.41) is 8.18. The summed E-state index contributed by atoms with van der Waals surface area (Å²) in [5.74, 6) is 1.82. The van der Waals surface area contributed by atoms with Crippen LogP contribution in [-0.4, -0.2) is 37.9 Å². The lowest BCUT2D eigenvalue weighted by atomic mass is 9.79. The van der Waals surface area contributed by atoms with Gasteiger partial charge in [0.2, 0.25) is 5.88 Å². The number of hydrogen-bond acceptors (Lipinski definition) is 5. The van der Waals surface area contributed by atoms with Crippen molar-refractivity contribution in [2.24, 2.45) is 0 Å². The molecular weight excluding hydrogens is 410 g/mol. The van der Waals surface area contributed by atoms with Crippen LogP contribution in [0.4, 0.5) is 5.82 Å². The summed E-state index contributed by atoms with van der Waals surface area (Å²) in [6.07, 6.45) is 8.50. The lowest BCUT2D eigenvalue weighted by Gasteiger charge is -2.50. The van der Waals surface area contributed by atoms with Crippen LogP contribution in [0.5, 0.6) is 5.88 Å². The van der Waals surface area contributed by atoms with Gasteiger partial charge in [-0.25, -0.2) is 4.68 Å². The Kier molecular flexibility index (Phi) is 4.60. The van der Waals surface area contributed by atoms with Gasteiger partial charge in [0, 0.05) is 41.1 Å². The quantitative estimate of drug-likeness (QED) is 0.608. The standard InChI is InChI=1S/C27H33N5O/c1-26(2)15-21(16-27(3,4)30-26)32(19-6-7-19)24-11-10-23-22-9-8-20(31-13-5-12-28-31)14-18(22)17-33-25(23)29-24/h5,8-14,19,21,30H,6-7,15-17H2,1-4H3. The molecule has 1 aromatic carbocycles. The Morgan fingerprint density at radius 2 is 1.76 bits per heavy atom. The molecule has 2 aromatic heterocycles. The summed E-state index contributed by atoms with van der Waals surface area (Å²) in [7, 11) is 0. The molecular formula is C27H33N5O. The van der Waals surface area contributed by atoms with Gasteiger partial charge in [-0.15, -0.1) is 0 Å². The second kappa shape index (κ2) is 7.32. The van der Waals surface area contributed by atoms with Gasteiger partial charge < -0.3 is 15.0 Å². The maximum absolute atomic E-state index is 6.20. The number of anilines is 1. The molecule has 0 amide bonds. The van der Waals surface area contributed by atoms with Crippen molar-refractivity contribution in [1.29, 1.82) is 0 Å². The van der Waals surface area contributed by atoms with Crippen LogP contribution in [0.25, 0.3) is 16.8 Å². The Hall–Kier alpha value is -2.86. The van der Waals surface area contributed by atoms with Crippen LogP contribution in [-0.2, 0) is 6.61 Å². The van der Waals surface area contributed by atoms with Crippen molar-refractivity contribution in [3.8, 4) is 22.7 Å². The minimum Gasteiger partial charge on any atom is -0.472 e. The van der Waals surface area contributed by atoms with Gasteiger partial charge in [0.1, 0.15) is 12.4 Å². The average Bonchev–Trinajstić information content (AvgIpc) is 3.42. The molecule has 2 fully saturated rings. The van der Waals surface area contributed by atoms with Crippen molar-refractivity contribution in [3.05, 3.63) is 54.4 Å². The van der Waals surface area contributed by atoms with Crippen LogP contribution in [0.3, 0.4) is 0 Å². The Balaban J connectivity index is 1.33. The molecule has 3 aromatic rings. The molecule has 0 unspecified atom stereocenters. The highest BCUT2D eigenvalue weighted by Crippen LogP contribution is 2.43. The predicted octanol–water partition coefficient (Wildman–Crippen LogP) is 5.10. The molecule has 1 saturated heterocycles. The predicted molar refractivity (Wildman–Crippen MR) is 131 cm³/mol. The van der Waals surface area contributed by atoms with Gasteiger partial charge in [-0.2, -0.15) is 10.1 Å². The summed E-state index contributed by atoms with van der Waals surface area (Å²) >= 11 is 0. The molecule has 6 heteroatoms. The van der Waals surface area contributed by atoms with E-state index >= 15 is 0 Å². The fourth-order valence-corrected chi connectivity index (χ4v) is 6.05. The first-order chi connectivity index (χ1) is 15.8. The van der Waals surface area contributed by atoms with Gasteiger partial charge >= 0.3 is 0 Å². The van der Waals surface area contributed by atoms with Gasteiger partial charge in [-0.3, -0.25) is 0 Å². The topological polar surface area (TPSA) is 55.2 Å². The third-order valence-corrected chi connectivity index (χ3v) is 7.12. The lowest BCUT2D eigenvalue weighted by Crippen LogP contribution is -2.62. The maximum Gasteiger partial charge on any atom is 0.223 e. The van der Waals surface area contributed by atoms with Gasteiger partial charge in [0.15, 0.2) is 0 Å². The molecule has 6 nitrogen and oxygen atoms in total. The minimum atomic E-state index is 0.107. The molecule has 4 heterocycles. The summed E-state index contributed by atoms with van der Waals surface area (Å²) in [6, 6.07) is 13.9. The minimum absolute atomic E-state index is 0.107. The average molecular weight is 444 g/mol. The van der Waals surface area contributed by atoms with E-state index in [9.17, 15) is 0 Å². The molecule has 2 aliphatic heterocycles. The van der Waals surface area contributed by atoms with E-state index in [1.807, 2.05) is 16.9 Å². The summed E-state index contributed by atoms with van der Waals surface area (Å²) < 4.78 is 8.08. The Bertz CT molecular complexity index is 1160. The second-order valence-corrected chi connectivity index (χ2v) is 11.2. The summed E-state index contributed by atoms with van der Waals surface area (Å²) in [6.45, 7) is 9.83. The zero-order valence-corrected chi connectivity index (χ0v) is 20.0. The first-order valence-electron chi connectivity index (χ1n) is 12.1. The van der Waals surface area contributed by atoms with E-state index in [2.05, 4.69) is 73.3 Å². The molecule has 6 rings (SSSR count). The fraction of sp³-hybridized carbons (Fsp3) is 0.481. The van der Waals surface area contributed by atoms with E-state index in [4.69, 9.17) is 9.72 Å². The summed E-state index contributed by atoms with van der Waals surface area (Å²) in [5.41, 5.74) is 4.71. The second-order valence-electron chi connectivity index (χ2n) is 11.2. The third kappa shape index (κ3) is 3.90. The number of benzene rings is 1. The van der Waals surface area contributed by atoms with Crippen molar-refractivity contribution in [1.82, 2.24) is 20.1 Å². The lowest BCUT2D eigenvalue weighted by molar-refractivity contribution is 0.157. The van der Waals surface area contributed by atoms with Crippen LogP contribution in [0.2, 0.25) is 0 Å². The monoisotopic (exact) mass is 443 g/mol. The van der Waals surface area contributed by atoms with Gasteiger partial charge in [0.05, 0.1) is 5.69 Å². The Labute approximate surface area is 196 Å². The highest BCUT2D eigenvalue weighted by Gasteiger charge is 2.44. The van der Waals surface area contributed by atoms with Crippen molar-refractivity contribution in [3.63, 3.8) is 0 Å². The normalized spacial score (nSPS) is 21.1. The molecule has 1 saturated carbocycles. The van der Waals surface area contributed by atoms with E-state index in [0.29, 0.717) is 18.7 Å². The van der Waals surface area contributed by atoms with Crippen LogP contribution < -0.4 is 15.0 Å². The number of pyridine rings is 1. The number of hydrogen-bond donors (Lipinski definition) is 1. The number of rotatable bonds is 4. The fourth-order valence-electron chi connectivity index (χ4n) is 6.05. The SMILES string of the molecule is CC1(C)CC(N(c2ccc3c(n2)OCc2cc(-n4cccn4)ccc2-3)C2CC2)CC(C)(C)N1. The zero-order chi connectivity index (χ0) is 22.8. The van der Waals surface area contributed by atoms with E-state index in [-0.39, 0.29) is 11.1 Å². The number of ether oxygens (including phenoxy) is 1. The molecule has 0 radical (unpaired) electrons. The third-order valence-electron chi connectivity index (χ3n) is 7.12. The van der Waals surface area contributed by atoms with E-state index < -0.39 is 0 Å². The smallest absolute Gasteiger partial charge is 0.223 e. The molecule has 3 aliphatic rings. The molecule has 1 N–H and O–H groups in total. The maximum atomic E-state index is 6.20. The van der Waals surface area contributed by atoms with Crippen LogP contribution in [0.15, 0.2) is 48.8 Å². The van der Waals surface area contributed by atoms with Crippen molar-refractivity contribution >= 4 is 5.82 Å². The van der Waals surface area contributed by atoms with Crippen molar-refractivity contribution < 1.29 is 4.74 Å². The highest BCUT2D eigenvalue weighted by atomic mass is 16.5. The van der Waals surface area contributed by atoms with Crippen LogP contribution in [0.1, 0.15) is 58.9 Å². The largest absolute Gasteiger partial charge is 0.472 e. The van der Waals surface area contributed by atoms with Gasteiger partial charge in [-0.1, -0.05) is 6.07 Å². The first-order valence-corrected chi connectivity index (χ1v) is 12.1. The molecule has 0 spiro atoms. The van der Waals surface area contributed by atoms with Crippen LogP contribution >= 0.6 is 0 Å². The van der Waals surface area contributed by atoms with Crippen molar-refractivity contribution in [2.75, 3.05) is 4.90 Å². The number of piperidine rings is 1. The zero-order valence-electron chi connectivity index (χ0n) is 20.0. The number of fused-ring (bicyclic) bond motifs is 3. The number of nitrogens with zero attached hydrogens (tertiary/aromatic N) is 4. The van der Waals surface area contributed by atoms with Gasteiger partial charge in [0.25, 0.3) is 0 Å².